The first-order valence-electron chi connectivity index (χ1n) is 13.9. The van der Waals surface area contributed by atoms with E-state index in [0.717, 1.165) is 37.3 Å². The number of Topliss-reactive ketones (excluding diaryl/α,β-unsaturated/α-hetero) is 3. The third-order valence-electron chi connectivity index (χ3n) is 9.36. The van der Waals surface area contributed by atoms with E-state index in [1.54, 1.807) is 20.8 Å². The Morgan fingerprint density at radius 2 is 1.72 bits per heavy atom. The zero-order chi connectivity index (χ0) is 29.5. The van der Waals surface area contributed by atoms with Crippen LogP contribution < -0.4 is 0 Å². The number of rotatable bonds is 5. The Labute approximate surface area is 230 Å². The Morgan fingerprint density at radius 3 is 2.26 bits per heavy atom. The van der Waals surface area contributed by atoms with Crippen LogP contribution in [-0.4, -0.2) is 43.4 Å². The van der Waals surface area contributed by atoms with Gasteiger partial charge in [0.05, 0.1) is 5.56 Å². The number of aliphatic hydroxyl groups excluding tert-OH is 2. The van der Waals surface area contributed by atoms with Gasteiger partial charge in [0.25, 0.3) is 0 Å². The number of aromatic hydroxyl groups is 1. The number of phenols is 1. The Hall–Kier alpha value is -2.93. The Balaban J connectivity index is 1.96. The molecule has 7 heteroatoms. The first-order chi connectivity index (χ1) is 17.8. The van der Waals surface area contributed by atoms with Gasteiger partial charge in [0, 0.05) is 22.3 Å². The number of allylic oxidation sites excluding steroid dienone is 1. The van der Waals surface area contributed by atoms with Crippen molar-refractivity contribution >= 4 is 23.1 Å². The van der Waals surface area contributed by atoms with Crippen molar-refractivity contribution in [3.8, 4) is 5.75 Å². The summed E-state index contributed by atoms with van der Waals surface area (Å²) in [6.07, 6.45) is 3.02. The number of aryl methyl sites for hydroxylation is 1. The molecule has 0 bridgehead atoms. The summed E-state index contributed by atoms with van der Waals surface area (Å²) >= 11 is 0. The molecule has 0 aliphatic heterocycles. The van der Waals surface area contributed by atoms with Crippen molar-refractivity contribution in [2.24, 2.45) is 28.1 Å². The van der Waals surface area contributed by atoms with Crippen LogP contribution in [0.2, 0.25) is 0 Å². The molecular weight excluding hydrogens is 496 g/mol. The Morgan fingerprint density at radius 1 is 1.10 bits per heavy atom. The Bertz CT molecular complexity index is 1340. The second-order valence-electron chi connectivity index (χ2n) is 14.0. The molecule has 212 valence electrons. The molecule has 3 aliphatic rings. The van der Waals surface area contributed by atoms with Crippen molar-refractivity contribution in [1.29, 1.82) is 0 Å². The third-order valence-corrected chi connectivity index (χ3v) is 9.36. The lowest BCUT2D eigenvalue weighted by Crippen LogP contribution is -2.69. The molecule has 1 fully saturated rings. The SMILES string of the molecule is CC(=O)C1=C(O)[C@]2(O)C(=O)C3=C(O)c4c(O)ccc(CCCC(C)(C)C)c4C[C@]3(C)C[C@]2(C)C(C(C)C)C1=O. The van der Waals surface area contributed by atoms with Crippen LogP contribution in [0.4, 0.5) is 0 Å². The van der Waals surface area contributed by atoms with Gasteiger partial charge in [0.2, 0.25) is 5.78 Å². The standard InChI is InChI=1S/C32H42O7/c1-16(2)23-25(35)21(17(3)33)27(37)32(39)28(38)24-26(36)22-19(14-30(24,7)15-31(23,32)8)18(11-12-20(22)34)10-9-13-29(4,5)6/h11-12,16,23,34,36-37,39H,9-10,13-15H2,1-8H3/t23?,30-,31-,32+/m1/s1. The number of carbonyl (C=O) groups excluding carboxylic acids is 3. The maximum Gasteiger partial charge on any atom is 0.203 e. The summed E-state index contributed by atoms with van der Waals surface area (Å²) in [5.41, 5.74) is -3.65. The van der Waals surface area contributed by atoms with E-state index in [9.17, 15) is 34.8 Å². The highest BCUT2D eigenvalue weighted by molar-refractivity contribution is 6.24. The topological polar surface area (TPSA) is 132 Å². The fraction of sp³-hybridized carbons (Fsp3) is 0.594. The minimum Gasteiger partial charge on any atom is -0.508 e. The van der Waals surface area contributed by atoms with Gasteiger partial charge in [-0.15, -0.1) is 0 Å². The fourth-order valence-electron chi connectivity index (χ4n) is 7.82. The monoisotopic (exact) mass is 538 g/mol. The van der Waals surface area contributed by atoms with Crippen LogP contribution in [0.15, 0.2) is 29.0 Å². The molecule has 39 heavy (non-hydrogen) atoms. The molecule has 1 saturated carbocycles. The van der Waals surface area contributed by atoms with E-state index in [1.807, 2.05) is 13.0 Å². The minimum atomic E-state index is -2.59. The summed E-state index contributed by atoms with van der Waals surface area (Å²) in [7, 11) is 0. The van der Waals surface area contributed by atoms with Gasteiger partial charge in [-0.1, -0.05) is 54.5 Å². The molecular formula is C32H42O7. The van der Waals surface area contributed by atoms with Crippen molar-refractivity contribution in [1.82, 2.24) is 0 Å². The van der Waals surface area contributed by atoms with Gasteiger partial charge < -0.3 is 20.4 Å². The van der Waals surface area contributed by atoms with Crippen LogP contribution in [0, 0.1) is 28.1 Å². The third kappa shape index (κ3) is 4.07. The van der Waals surface area contributed by atoms with E-state index < -0.39 is 56.8 Å². The molecule has 3 aliphatic carbocycles. The van der Waals surface area contributed by atoms with Gasteiger partial charge in [-0.3, -0.25) is 14.4 Å². The first kappa shape index (κ1) is 29.1. The van der Waals surface area contributed by atoms with E-state index in [2.05, 4.69) is 20.8 Å². The zero-order valence-corrected chi connectivity index (χ0v) is 24.4. The number of fused-ring (bicyclic) bond motifs is 3. The predicted molar refractivity (Wildman–Crippen MR) is 148 cm³/mol. The molecule has 7 nitrogen and oxygen atoms in total. The summed E-state index contributed by atoms with van der Waals surface area (Å²) in [6, 6.07) is 3.37. The number of phenolic OH excluding ortho intramolecular Hbond substituents is 1. The van der Waals surface area contributed by atoms with Gasteiger partial charge in [0.15, 0.2) is 17.2 Å². The Kier molecular flexibility index (Phi) is 6.74. The van der Waals surface area contributed by atoms with Crippen LogP contribution in [0.5, 0.6) is 5.75 Å². The summed E-state index contributed by atoms with van der Waals surface area (Å²) in [4.78, 5) is 40.4. The summed E-state index contributed by atoms with van der Waals surface area (Å²) in [5.74, 6) is -5.06. The smallest absolute Gasteiger partial charge is 0.203 e. The van der Waals surface area contributed by atoms with E-state index in [4.69, 9.17) is 0 Å². The van der Waals surface area contributed by atoms with E-state index in [-0.39, 0.29) is 34.6 Å². The zero-order valence-electron chi connectivity index (χ0n) is 24.4. The quantitative estimate of drug-likeness (QED) is 0.361. The molecule has 0 heterocycles. The van der Waals surface area contributed by atoms with Crippen molar-refractivity contribution < 1.29 is 34.8 Å². The molecule has 4 N–H and O–H groups in total. The van der Waals surface area contributed by atoms with Gasteiger partial charge >= 0.3 is 0 Å². The minimum absolute atomic E-state index is 0.0941. The van der Waals surface area contributed by atoms with Gasteiger partial charge in [-0.2, -0.15) is 0 Å². The normalized spacial score (nSPS) is 30.9. The highest BCUT2D eigenvalue weighted by Gasteiger charge is 2.72. The van der Waals surface area contributed by atoms with Crippen molar-refractivity contribution in [2.75, 3.05) is 0 Å². The molecule has 1 aromatic rings. The number of hydrogen-bond donors (Lipinski definition) is 4. The van der Waals surface area contributed by atoms with Crippen molar-refractivity contribution in [3.05, 3.63) is 45.7 Å². The molecule has 0 aromatic heterocycles. The summed E-state index contributed by atoms with van der Waals surface area (Å²) in [6.45, 7) is 14.7. The van der Waals surface area contributed by atoms with Crippen LogP contribution in [0.25, 0.3) is 5.76 Å². The highest BCUT2D eigenvalue weighted by Crippen LogP contribution is 2.65. The van der Waals surface area contributed by atoms with Crippen molar-refractivity contribution in [2.45, 2.75) is 93.1 Å². The molecule has 1 unspecified atom stereocenters. The second-order valence-corrected chi connectivity index (χ2v) is 14.0. The van der Waals surface area contributed by atoms with Crippen molar-refractivity contribution in [3.63, 3.8) is 0 Å². The van der Waals surface area contributed by atoms with Gasteiger partial charge in [-0.05, 0) is 67.6 Å². The summed E-state index contributed by atoms with van der Waals surface area (Å²) in [5, 5.41) is 45.7. The predicted octanol–water partition coefficient (Wildman–Crippen LogP) is 5.56. The van der Waals surface area contributed by atoms with E-state index >= 15 is 0 Å². The number of carbonyl (C=O) groups is 3. The molecule has 0 amide bonds. The molecule has 1 aromatic carbocycles. The average Bonchev–Trinajstić information content (AvgIpc) is 2.76. The van der Waals surface area contributed by atoms with Gasteiger partial charge in [-0.25, -0.2) is 0 Å². The molecule has 4 atom stereocenters. The van der Waals surface area contributed by atoms with Crippen LogP contribution in [0.3, 0.4) is 0 Å². The fourth-order valence-corrected chi connectivity index (χ4v) is 7.82. The number of ketones is 3. The van der Waals surface area contributed by atoms with Crippen LogP contribution >= 0.6 is 0 Å². The van der Waals surface area contributed by atoms with E-state index in [1.165, 1.54) is 6.07 Å². The average molecular weight is 539 g/mol. The molecule has 0 radical (unpaired) electrons. The summed E-state index contributed by atoms with van der Waals surface area (Å²) < 4.78 is 0. The highest BCUT2D eigenvalue weighted by atomic mass is 16.3. The maximum atomic E-state index is 14.3. The van der Waals surface area contributed by atoms with E-state index in [0.29, 0.717) is 6.42 Å². The molecule has 4 rings (SSSR count). The number of hydrogen-bond acceptors (Lipinski definition) is 7. The lowest BCUT2D eigenvalue weighted by molar-refractivity contribution is -0.178. The first-order valence-corrected chi connectivity index (χ1v) is 13.9. The lowest BCUT2D eigenvalue weighted by Gasteiger charge is -2.59. The lowest BCUT2D eigenvalue weighted by atomic mass is 9.43. The van der Waals surface area contributed by atoms with Gasteiger partial charge in [0.1, 0.15) is 22.8 Å². The maximum absolute atomic E-state index is 14.3. The largest absolute Gasteiger partial charge is 0.508 e. The number of benzene rings is 1. The van der Waals surface area contributed by atoms with Crippen LogP contribution in [0.1, 0.15) is 91.3 Å². The second kappa shape index (κ2) is 9.05. The molecule has 0 saturated heterocycles. The number of aliphatic hydroxyl groups is 3. The van der Waals surface area contributed by atoms with Crippen LogP contribution in [-0.2, 0) is 27.2 Å². The molecule has 0 spiro atoms.